The molecule has 1 amide bonds. The normalized spacial score (nSPS) is 15.9. The second-order valence-electron chi connectivity index (χ2n) is 7.54. The molecule has 2 rings (SSSR count). The van der Waals surface area contributed by atoms with Gasteiger partial charge < -0.3 is 25.1 Å². The summed E-state index contributed by atoms with van der Waals surface area (Å²) in [5, 5.41) is 17.2. The molecular weight excluding hydrogens is 378 g/mol. The lowest BCUT2D eigenvalue weighted by atomic mass is 10.0. The molecule has 6 heteroatoms. The van der Waals surface area contributed by atoms with Gasteiger partial charge in [-0.25, -0.2) is 0 Å². The molecule has 1 aliphatic rings. The largest absolute Gasteiger partial charge is 0.508 e. The summed E-state index contributed by atoms with van der Waals surface area (Å²) in [7, 11) is 3.91. The summed E-state index contributed by atoms with van der Waals surface area (Å²) in [5.41, 5.74) is 3.51. The highest BCUT2D eigenvalue weighted by atomic mass is 16.5. The summed E-state index contributed by atoms with van der Waals surface area (Å²) in [6.45, 7) is 7.97. The van der Waals surface area contributed by atoms with Crippen LogP contribution in [0.3, 0.4) is 0 Å². The summed E-state index contributed by atoms with van der Waals surface area (Å²) >= 11 is 0. The Hall–Kier alpha value is -2.96. The van der Waals surface area contributed by atoms with Gasteiger partial charge in [0.05, 0.1) is 12.7 Å². The number of likely N-dealkylation sites (N-methyl/N-ethyl adjacent to an activating group) is 1. The van der Waals surface area contributed by atoms with Gasteiger partial charge in [-0.3, -0.25) is 4.79 Å². The van der Waals surface area contributed by atoms with E-state index < -0.39 is 0 Å². The number of amides is 1. The first-order chi connectivity index (χ1) is 14.3. The lowest BCUT2D eigenvalue weighted by Gasteiger charge is -2.38. The monoisotopic (exact) mass is 409 g/mol. The van der Waals surface area contributed by atoms with Crippen molar-refractivity contribution in [2.24, 2.45) is 0 Å². The van der Waals surface area contributed by atoms with Crippen molar-refractivity contribution in [2.75, 3.05) is 40.3 Å². The van der Waals surface area contributed by atoms with Gasteiger partial charge in [0.2, 0.25) is 5.91 Å². The summed E-state index contributed by atoms with van der Waals surface area (Å²) in [6, 6.07) is 6.91. The molecule has 0 unspecified atom stereocenters. The summed E-state index contributed by atoms with van der Waals surface area (Å²) in [4.78, 5) is 15.8. The molecule has 2 N–H and O–H groups in total. The second-order valence-corrected chi connectivity index (χ2v) is 7.54. The molecule has 1 saturated heterocycles. The fourth-order valence-corrected chi connectivity index (χ4v) is 2.91. The molecule has 160 valence electrons. The first-order valence-corrected chi connectivity index (χ1v) is 9.89. The first-order valence-electron chi connectivity index (χ1n) is 9.89. The van der Waals surface area contributed by atoms with Gasteiger partial charge in [0.15, 0.2) is 0 Å². The lowest BCUT2D eigenvalue weighted by Crippen LogP contribution is -2.54. The zero-order valence-corrected chi connectivity index (χ0v) is 18.0. The Morgan fingerprint density at radius 3 is 2.57 bits per heavy atom. The molecule has 0 aliphatic carbocycles. The predicted octanol–water partition coefficient (Wildman–Crippen LogP) is 3.27. The lowest BCUT2D eigenvalue weighted by molar-refractivity contribution is -0.138. The molecule has 6 nitrogen and oxygen atoms in total. The fraction of sp³-hybridized carbons (Fsp3) is 0.333. The molecule has 1 heterocycles. The highest BCUT2D eigenvalue weighted by Gasteiger charge is 2.30. The van der Waals surface area contributed by atoms with Crippen LogP contribution in [0.5, 0.6) is 5.75 Å². The highest BCUT2D eigenvalue weighted by Crippen LogP contribution is 2.22. The maximum Gasteiger partial charge on any atom is 0.246 e. The number of carbonyl (C=O) groups excluding carboxylic acids is 1. The number of carbonyl (C=O) groups is 1. The van der Waals surface area contributed by atoms with Crippen LogP contribution >= 0.6 is 0 Å². The van der Waals surface area contributed by atoms with Crippen molar-refractivity contribution in [1.82, 2.24) is 9.80 Å². The molecule has 1 aromatic carbocycles. The summed E-state index contributed by atoms with van der Waals surface area (Å²) < 4.78 is 5.89. The zero-order valence-electron chi connectivity index (χ0n) is 18.0. The van der Waals surface area contributed by atoms with E-state index >= 15 is 0 Å². The number of benzene rings is 1. The number of ether oxygens (including phenoxy) is 1. The summed E-state index contributed by atoms with van der Waals surface area (Å²) in [5.74, 6) is 0.215. The fourth-order valence-electron chi connectivity index (χ4n) is 2.91. The molecule has 30 heavy (non-hydrogen) atoms. The number of nitrogens with zero attached hydrogens (tertiary/aromatic N) is 2. The van der Waals surface area contributed by atoms with E-state index in [1.54, 1.807) is 29.2 Å². The molecule has 0 saturated carbocycles. The maximum atomic E-state index is 12.1. The van der Waals surface area contributed by atoms with Crippen LogP contribution < -0.4 is 0 Å². The third-order valence-electron chi connectivity index (χ3n) is 4.84. The van der Waals surface area contributed by atoms with Crippen LogP contribution in [0.1, 0.15) is 12.5 Å². The van der Waals surface area contributed by atoms with Crippen LogP contribution in [0, 0.1) is 5.41 Å². The Bertz CT molecular complexity index is 845. The van der Waals surface area contributed by atoms with E-state index in [2.05, 4.69) is 6.58 Å². The number of nitrogens with one attached hydrogen (secondary N) is 1. The molecule has 1 aromatic rings. The number of hydrogen-bond acceptors (Lipinski definition) is 5. The average Bonchev–Trinajstić information content (AvgIpc) is 2.68. The molecule has 1 fully saturated rings. The van der Waals surface area contributed by atoms with Crippen molar-refractivity contribution in [3.63, 3.8) is 0 Å². The van der Waals surface area contributed by atoms with Crippen LogP contribution in [0.15, 0.2) is 66.3 Å². The zero-order chi connectivity index (χ0) is 22.1. The number of allylic oxidation sites excluding steroid dienone is 4. The van der Waals surface area contributed by atoms with Crippen LogP contribution in [-0.2, 0) is 9.53 Å². The second kappa shape index (κ2) is 11.3. The quantitative estimate of drug-likeness (QED) is 0.353. The highest BCUT2D eigenvalue weighted by molar-refractivity contribution is 5.88. The number of rotatable bonds is 10. The van der Waals surface area contributed by atoms with Gasteiger partial charge in [-0.05, 0) is 55.4 Å². The smallest absolute Gasteiger partial charge is 0.246 e. The average molecular weight is 410 g/mol. The first kappa shape index (κ1) is 23.3. The number of phenols is 1. The molecule has 0 spiro atoms. The SMILES string of the molecule is C=C/C(=C\C(C)=C(\C=N)COC1CN(C(=O)/C=C/CN(C)C)C1)c1ccc(O)cc1. The van der Waals surface area contributed by atoms with E-state index in [4.69, 9.17) is 10.1 Å². The topological polar surface area (TPSA) is 76.9 Å². The van der Waals surface area contributed by atoms with Crippen LogP contribution in [-0.4, -0.2) is 73.5 Å². The van der Waals surface area contributed by atoms with E-state index in [9.17, 15) is 9.90 Å². The van der Waals surface area contributed by atoms with Gasteiger partial charge >= 0.3 is 0 Å². The summed E-state index contributed by atoms with van der Waals surface area (Å²) in [6.07, 6.45) is 8.45. The van der Waals surface area contributed by atoms with Crippen molar-refractivity contribution in [2.45, 2.75) is 13.0 Å². The van der Waals surface area contributed by atoms with Crippen molar-refractivity contribution >= 4 is 17.7 Å². The molecule has 1 aliphatic heterocycles. The Morgan fingerprint density at radius 2 is 2.00 bits per heavy atom. The van der Waals surface area contributed by atoms with Crippen molar-refractivity contribution in [3.05, 3.63) is 71.9 Å². The minimum atomic E-state index is -0.0149. The van der Waals surface area contributed by atoms with E-state index in [0.717, 1.165) is 28.8 Å². The Labute approximate surface area is 179 Å². The van der Waals surface area contributed by atoms with Crippen molar-refractivity contribution < 1.29 is 14.6 Å². The van der Waals surface area contributed by atoms with E-state index in [0.29, 0.717) is 19.7 Å². The number of aromatic hydroxyl groups is 1. The number of phenolic OH excluding ortho intramolecular Hbond substituents is 1. The van der Waals surface area contributed by atoms with E-state index in [-0.39, 0.29) is 17.8 Å². The molecule has 0 atom stereocenters. The van der Waals surface area contributed by atoms with Gasteiger partial charge in [0.1, 0.15) is 5.75 Å². The van der Waals surface area contributed by atoms with E-state index in [1.807, 2.05) is 50.2 Å². The minimum absolute atomic E-state index is 0.00292. The van der Waals surface area contributed by atoms with Gasteiger partial charge in [-0.1, -0.05) is 36.9 Å². The standard InChI is InChI=1S/C24H31N3O3/c1-5-19(20-8-10-22(28)11-9-20)13-18(2)21(14-25)17-30-23-15-27(16-23)24(29)7-6-12-26(3)4/h5-11,13-14,23,25,28H,1,12,15-17H2,2-4H3/b7-6+,19-13+,21-18-,25-14?. The Kier molecular flexibility index (Phi) is 8.77. The Morgan fingerprint density at radius 1 is 1.33 bits per heavy atom. The van der Waals surface area contributed by atoms with E-state index in [1.165, 1.54) is 6.21 Å². The molecule has 0 bridgehead atoms. The van der Waals surface area contributed by atoms with Crippen LogP contribution in [0.2, 0.25) is 0 Å². The third kappa shape index (κ3) is 6.83. The van der Waals surface area contributed by atoms with Crippen molar-refractivity contribution in [3.8, 4) is 5.75 Å². The van der Waals surface area contributed by atoms with Gasteiger partial charge in [-0.15, -0.1) is 0 Å². The number of hydrogen-bond donors (Lipinski definition) is 2. The molecular formula is C24H31N3O3. The third-order valence-corrected chi connectivity index (χ3v) is 4.84. The molecule has 0 aromatic heterocycles. The molecule has 0 radical (unpaired) electrons. The van der Waals surface area contributed by atoms with Gasteiger partial charge in [0, 0.05) is 31.9 Å². The number of likely N-dealkylation sites (tertiary alicyclic amines) is 1. The van der Waals surface area contributed by atoms with Crippen LogP contribution in [0.25, 0.3) is 5.57 Å². The van der Waals surface area contributed by atoms with Gasteiger partial charge in [-0.2, -0.15) is 0 Å². The minimum Gasteiger partial charge on any atom is -0.508 e. The predicted molar refractivity (Wildman–Crippen MR) is 122 cm³/mol. The van der Waals surface area contributed by atoms with Crippen LogP contribution in [0.4, 0.5) is 0 Å². The van der Waals surface area contributed by atoms with Crippen molar-refractivity contribution in [1.29, 1.82) is 5.41 Å². The maximum absolute atomic E-state index is 12.1. The van der Waals surface area contributed by atoms with Gasteiger partial charge in [0.25, 0.3) is 0 Å². The Balaban J connectivity index is 1.92.